The highest BCUT2D eigenvalue weighted by molar-refractivity contribution is 5.59. The van der Waals surface area contributed by atoms with Crippen molar-refractivity contribution in [3.05, 3.63) is 18.3 Å². The maximum atomic E-state index is 5.39. The molecule has 0 saturated carbocycles. The third kappa shape index (κ3) is 1.05. The van der Waals surface area contributed by atoms with E-state index in [4.69, 9.17) is 5.73 Å². The number of rotatable bonds is 1. The molecule has 1 heterocycles. The van der Waals surface area contributed by atoms with Crippen molar-refractivity contribution in [3.8, 4) is 0 Å². The maximum absolute atomic E-state index is 5.39. The van der Waals surface area contributed by atoms with Gasteiger partial charge < -0.3 is 5.73 Å². The largest absolute Gasteiger partial charge is 0.382 e. The second-order valence-electron chi connectivity index (χ2n) is 1.57. The Morgan fingerprint density at radius 1 is 1.67 bits per heavy atom. The third-order valence-corrected chi connectivity index (χ3v) is 0.987. The van der Waals surface area contributed by atoms with Crippen molar-refractivity contribution >= 4 is 18.2 Å². The van der Waals surface area contributed by atoms with Crippen LogP contribution in [0.5, 0.6) is 0 Å². The molecule has 0 spiro atoms. The predicted molar refractivity (Wildman–Crippen MR) is 37.9 cm³/mol. The quantitative estimate of drug-likeness (QED) is 0.563. The Morgan fingerprint density at radius 3 is 2.89 bits per heavy atom. The molecule has 3 heteroatoms. The zero-order valence-corrected chi connectivity index (χ0v) is 4.91. The number of hydrogen-bond acceptors (Lipinski definition) is 3. The van der Waals surface area contributed by atoms with Crippen molar-refractivity contribution in [2.45, 2.75) is 0 Å². The molecule has 0 aromatic carbocycles. The van der Waals surface area contributed by atoms with Gasteiger partial charge in [0, 0.05) is 6.20 Å². The van der Waals surface area contributed by atoms with Gasteiger partial charge in [-0.1, -0.05) is 0 Å². The van der Waals surface area contributed by atoms with Gasteiger partial charge in [0.05, 0.1) is 0 Å². The van der Waals surface area contributed by atoms with E-state index < -0.39 is 0 Å². The normalized spacial score (nSPS) is 8.89. The molecular weight excluding hydrogens is 114 g/mol. The summed E-state index contributed by atoms with van der Waals surface area (Å²) in [6, 6.07) is 3.52. The maximum Gasteiger partial charge on any atom is 0.149 e. The van der Waals surface area contributed by atoms with Gasteiger partial charge in [0.1, 0.15) is 11.5 Å². The first kappa shape index (κ1) is 5.75. The molecule has 1 rings (SSSR count). The van der Waals surface area contributed by atoms with E-state index in [9.17, 15) is 0 Å². The molecule has 0 fully saturated rings. The smallest absolute Gasteiger partial charge is 0.149 e. The van der Waals surface area contributed by atoms with Gasteiger partial charge in [-0.25, -0.2) is 4.98 Å². The number of hydrogen-bond donors (Lipinski definition) is 1. The van der Waals surface area contributed by atoms with Crippen molar-refractivity contribution in [1.29, 1.82) is 0 Å². The van der Waals surface area contributed by atoms with Crippen LogP contribution in [0.15, 0.2) is 23.3 Å². The summed E-state index contributed by atoms with van der Waals surface area (Å²) in [5, 5.41) is 0. The zero-order chi connectivity index (χ0) is 6.69. The first-order valence-electron chi connectivity index (χ1n) is 2.52. The van der Waals surface area contributed by atoms with Gasteiger partial charge in [0.25, 0.3) is 0 Å². The summed E-state index contributed by atoms with van der Waals surface area (Å²) in [6.07, 6.45) is 1.62. The van der Waals surface area contributed by atoms with Gasteiger partial charge in [0.2, 0.25) is 0 Å². The number of pyridine rings is 1. The fraction of sp³-hybridized carbons (Fsp3) is 0. The number of anilines is 1. The fourth-order valence-electron chi connectivity index (χ4n) is 0.543. The van der Waals surface area contributed by atoms with Gasteiger partial charge >= 0.3 is 0 Å². The average molecular weight is 121 g/mol. The number of nitrogen functional groups attached to an aromatic ring is 1. The fourth-order valence-corrected chi connectivity index (χ4v) is 0.543. The minimum atomic E-state index is 0.424. The SMILES string of the molecule is C=Nc1cccnc1N. The first-order chi connectivity index (χ1) is 4.34. The molecule has 46 valence electrons. The topological polar surface area (TPSA) is 51.3 Å². The van der Waals surface area contributed by atoms with Crippen molar-refractivity contribution in [3.63, 3.8) is 0 Å². The molecule has 0 radical (unpaired) electrons. The number of nitrogens with zero attached hydrogens (tertiary/aromatic N) is 2. The molecule has 3 nitrogen and oxygen atoms in total. The van der Waals surface area contributed by atoms with E-state index in [1.165, 1.54) is 0 Å². The Morgan fingerprint density at radius 2 is 2.44 bits per heavy atom. The first-order valence-corrected chi connectivity index (χ1v) is 2.52. The standard InChI is InChI=1S/C6H7N3/c1-8-5-3-2-4-9-6(5)7/h2-4H,1H2,(H2,7,9). The molecule has 0 amide bonds. The number of nitrogens with two attached hydrogens (primary N) is 1. The van der Waals surface area contributed by atoms with Crippen LogP contribution in [0, 0.1) is 0 Å². The third-order valence-electron chi connectivity index (χ3n) is 0.987. The van der Waals surface area contributed by atoms with Crippen LogP contribution in [0.25, 0.3) is 0 Å². The monoisotopic (exact) mass is 121 g/mol. The summed E-state index contributed by atoms with van der Waals surface area (Å²) in [7, 11) is 0. The van der Waals surface area contributed by atoms with Crippen LogP contribution in [-0.2, 0) is 0 Å². The van der Waals surface area contributed by atoms with Crippen LogP contribution in [0.3, 0.4) is 0 Å². The van der Waals surface area contributed by atoms with Gasteiger partial charge in [-0.05, 0) is 18.9 Å². The minimum Gasteiger partial charge on any atom is -0.382 e. The molecular formula is C6H7N3. The van der Waals surface area contributed by atoms with Crippen LogP contribution in [0.2, 0.25) is 0 Å². The van der Waals surface area contributed by atoms with Gasteiger partial charge in [0.15, 0.2) is 0 Å². The van der Waals surface area contributed by atoms with Crippen LogP contribution < -0.4 is 5.73 Å². The Kier molecular flexibility index (Phi) is 1.44. The van der Waals surface area contributed by atoms with Crippen molar-refractivity contribution in [1.82, 2.24) is 4.98 Å². The number of aromatic nitrogens is 1. The lowest BCUT2D eigenvalue weighted by atomic mass is 10.4. The lowest BCUT2D eigenvalue weighted by molar-refractivity contribution is 1.32. The molecule has 0 saturated heterocycles. The molecule has 0 atom stereocenters. The van der Waals surface area contributed by atoms with Crippen molar-refractivity contribution < 1.29 is 0 Å². The molecule has 1 aromatic rings. The molecule has 0 bridgehead atoms. The summed E-state index contributed by atoms with van der Waals surface area (Å²) in [5.41, 5.74) is 6.02. The number of aliphatic imine (C=N–C) groups is 1. The van der Waals surface area contributed by atoms with Crippen LogP contribution in [0.4, 0.5) is 11.5 Å². The molecule has 0 aliphatic rings. The summed E-state index contributed by atoms with van der Waals surface area (Å²) >= 11 is 0. The lowest BCUT2D eigenvalue weighted by Gasteiger charge is -1.93. The van der Waals surface area contributed by atoms with Crippen LogP contribution in [0.1, 0.15) is 0 Å². The Balaban J connectivity index is 3.15. The van der Waals surface area contributed by atoms with E-state index in [1.54, 1.807) is 18.3 Å². The molecule has 9 heavy (non-hydrogen) atoms. The zero-order valence-electron chi connectivity index (χ0n) is 4.91. The Hall–Kier alpha value is -1.38. The minimum absolute atomic E-state index is 0.424. The van der Waals surface area contributed by atoms with Gasteiger partial charge in [-0.3, -0.25) is 4.99 Å². The summed E-state index contributed by atoms with van der Waals surface area (Å²) in [4.78, 5) is 7.43. The molecule has 1 aromatic heterocycles. The van der Waals surface area contributed by atoms with Crippen LogP contribution >= 0.6 is 0 Å². The highest BCUT2D eigenvalue weighted by atomic mass is 14.9. The second kappa shape index (κ2) is 2.26. The van der Waals surface area contributed by atoms with Gasteiger partial charge in [-0.2, -0.15) is 0 Å². The van der Waals surface area contributed by atoms with E-state index in [-0.39, 0.29) is 0 Å². The summed E-state index contributed by atoms with van der Waals surface area (Å²) in [5.74, 6) is 0.424. The highest BCUT2D eigenvalue weighted by Gasteiger charge is 1.90. The molecule has 0 aliphatic carbocycles. The van der Waals surface area contributed by atoms with E-state index >= 15 is 0 Å². The Bertz CT molecular complexity index is 219. The summed E-state index contributed by atoms with van der Waals surface area (Å²) in [6.45, 7) is 3.32. The van der Waals surface area contributed by atoms with E-state index in [0.29, 0.717) is 11.5 Å². The van der Waals surface area contributed by atoms with Gasteiger partial charge in [-0.15, -0.1) is 0 Å². The summed E-state index contributed by atoms with van der Waals surface area (Å²) < 4.78 is 0. The second-order valence-corrected chi connectivity index (χ2v) is 1.57. The molecule has 0 unspecified atom stereocenters. The average Bonchev–Trinajstić information content (AvgIpc) is 1.89. The highest BCUT2D eigenvalue weighted by Crippen LogP contribution is 2.15. The van der Waals surface area contributed by atoms with Crippen molar-refractivity contribution in [2.75, 3.05) is 5.73 Å². The van der Waals surface area contributed by atoms with Crippen molar-refractivity contribution in [2.24, 2.45) is 4.99 Å². The van der Waals surface area contributed by atoms with Crippen LogP contribution in [-0.4, -0.2) is 11.7 Å². The Labute approximate surface area is 53.3 Å². The van der Waals surface area contributed by atoms with E-state index in [0.717, 1.165) is 0 Å². The lowest BCUT2D eigenvalue weighted by Crippen LogP contribution is -1.87. The predicted octanol–water partition coefficient (Wildman–Crippen LogP) is 0.996. The molecule has 2 N–H and O–H groups in total. The molecule has 0 aliphatic heterocycles. The van der Waals surface area contributed by atoms with E-state index in [1.807, 2.05) is 0 Å². The van der Waals surface area contributed by atoms with E-state index in [2.05, 4.69) is 16.7 Å².